The highest BCUT2D eigenvalue weighted by Crippen LogP contribution is 2.40. The molecule has 1 amide bonds. The van der Waals surface area contributed by atoms with Crippen LogP contribution in [0, 0.1) is 11.7 Å². The predicted molar refractivity (Wildman–Crippen MR) is 119 cm³/mol. The second-order valence-corrected chi connectivity index (χ2v) is 8.46. The van der Waals surface area contributed by atoms with Gasteiger partial charge >= 0.3 is 6.09 Å². The maximum atomic E-state index is 13.9. The van der Waals surface area contributed by atoms with Crippen LogP contribution in [0.3, 0.4) is 0 Å². The molecule has 3 aromatic rings. The SMILES string of the molecule is O=C1OC2(CCC(CNc3ccc(-c4ccccc4F)nc3)CC2)CN1c1cccnn1. The van der Waals surface area contributed by atoms with Crippen molar-refractivity contribution in [3.63, 3.8) is 0 Å². The van der Waals surface area contributed by atoms with Gasteiger partial charge in [0.25, 0.3) is 0 Å². The number of ether oxygens (including phenoxy) is 1. The van der Waals surface area contributed by atoms with Gasteiger partial charge in [-0.05, 0) is 68.0 Å². The van der Waals surface area contributed by atoms with Crippen LogP contribution in [0.5, 0.6) is 0 Å². The minimum atomic E-state index is -0.436. The van der Waals surface area contributed by atoms with Crippen molar-refractivity contribution in [3.05, 3.63) is 66.7 Å². The summed E-state index contributed by atoms with van der Waals surface area (Å²) in [5, 5.41) is 11.3. The second kappa shape index (κ2) is 8.53. The maximum absolute atomic E-state index is 13.9. The van der Waals surface area contributed by atoms with Gasteiger partial charge in [-0.25, -0.2) is 9.18 Å². The van der Waals surface area contributed by atoms with E-state index >= 15 is 0 Å². The summed E-state index contributed by atoms with van der Waals surface area (Å²) < 4.78 is 19.7. The number of carbonyl (C=O) groups excluding carboxylic acids is 1. The molecule has 1 saturated carbocycles. The lowest BCUT2D eigenvalue weighted by Crippen LogP contribution is -2.39. The van der Waals surface area contributed by atoms with Crippen molar-refractivity contribution in [3.8, 4) is 11.3 Å². The van der Waals surface area contributed by atoms with E-state index in [0.29, 0.717) is 29.5 Å². The molecule has 0 atom stereocenters. The normalized spacial score (nSPS) is 22.7. The largest absolute Gasteiger partial charge is 0.441 e. The Kier molecular flexibility index (Phi) is 5.43. The van der Waals surface area contributed by atoms with Gasteiger partial charge in [0.15, 0.2) is 5.82 Å². The number of anilines is 2. The van der Waals surface area contributed by atoms with Crippen LogP contribution in [0.1, 0.15) is 25.7 Å². The number of carbonyl (C=O) groups is 1. The maximum Gasteiger partial charge on any atom is 0.416 e. The van der Waals surface area contributed by atoms with Crippen molar-refractivity contribution in [2.24, 2.45) is 5.92 Å². The molecule has 7 nitrogen and oxygen atoms in total. The number of hydrogen-bond acceptors (Lipinski definition) is 6. The fraction of sp³-hybridized carbons (Fsp3) is 0.333. The summed E-state index contributed by atoms with van der Waals surface area (Å²) in [6, 6.07) is 13.9. The summed E-state index contributed by atoms with van der Waals surface area (Å²) in [4.78, 5) is 18.4. The number of benzene rings is 1. The fourth-order valence-electron chi connectivity index (χ4n) is 4.49. The molecule has 3 heterocycles. The van der Waals surface area contributed by atoms with E-state index in [0.717, 1.165) is 37.9 Å². The average molecular weight is 433 g/mol. The van der Waals surface area contributed by atoms with E-state index in [1.807, 2.05) is 12.1 Å². The predicted octanol–water partition coefficient (Wildman–Crippen LogP) is 4.68. The van der Waals surface area contributed by atoms with Crippen LogP contribution in [-0.2, 0) is 4.74 Å². The summed E-state index contributed by atoms with van der Waals surface area (Å²) in [5.41, 5.74) is 1.59. The van der Waals surface area contributed by atoms with Gasteiger partial charge in [-0.1, -0.05) is 12.1 Å². The van der Waals surface area contributed by atoms with Gasteiger partial charge in [-0.2, -0.15) is 5.10 Å². The minimum Gasteiger partial charge on any atom is -0.441 e. The highest BCUT2D eigenvalue weighted by atomic mass is 19.1. The Hall–Kier alpha value is -3.55. The first kappa shape index (κ1) is 20.4. The fourth-order valence-corrected chi connectivity index (χ4v) is 4.49. The van der Waals surface area contributed by atoms with Crippen molar-refractivity contribution in [2.45, 2.75) is 31.3 Å². The van der Waals surface area contributed by atoms with Gasteiger partial charge in [-0.3, -0.25) is 9.88 Å². The Morgan fingerprint density at radius 1 is 1.12 bits per heavy atom. The number of aromatic nitrogens is 3. The van der Waals surface area contributed by atoms with Crippen molar-refractivity contribution < 1.29 is 13.9 Å². The van der Waals surface area contributed by atoms with Crippen LogP contribution < -0.4 is 10.2 Å². The molecule has 1 aliphatic carbocycles. The lowest BCUT2D eigenvalue weighted by molar-refractivity contribution is 0.0148. The number of nitrogens with zero attached hydrogens (tertiary/aromatic N) is 4. The van der Waals surface area contributed by atoms with Crippen LogP contribution in [0.4, 0.5) is 20.7 Å². The molecule has 0 bridgehead atoms. The van der Waals surface area contributed by atoms with E-state index in [-0.39, 0.29) is 11.9 Å². The molecule has 32 heavy (non-hydrogen) atoms. The molecular formula is C24H24FN5O2. The molecule has 2 aromatic heterocycles. The van der Waals surface area contributed by atoms with Crippen molar-refractivity contribution in [1.82, 2.24) is 15.2 Å². The highest BCUT2D eigenvalue weighted by molar-refractivity contribution is 5.89. The summed E-state index contributed by atoms with van der Waals surface area (Å²) >= 11 is 0. The summed E-state index contributed by atoms with van der Waals surface area (Å²) in [7, 11) is 0. The average Bonchev–Trinajstić information content (AvgIpc) is 3.16. The van der Waals surface area contributed by atoms with Gasteiger partial charge in [0, 0.05) is 18.3 Å². The van der Waals surface area contributed by atoms with Crippen molar-refractivity contribution in [1.29, 1.82) is 0 Å². The topological polar surface area (TPSA) is 80.2 Å². The third-order valence-electron chi connectivity index (χ3n) is 6.33. The smallest absolute Gasteiger partial charge is 0.416 e. The van der Waals surface area contributed by atoms with Crippen LogP contribution in [0.15, 0.2) is 60.9 Å². The highest BCUT2D eigenvalue weighted by Gasteiger charge is 2.48. The molecule has 0 unspecified atom stereocenters. The summed E-state index contributed by atoms with van der Waals surface area (Å²) in [6.07, 6.45) is 6.57. The third-order valence-corrected chi connectivity index (χ3v) is 6.33. The summed E-state index contributed by atoms with van der Waals surface area (Å²) in [5.74, 6) is 0.739. The van der Waals surface area contributed by atoms with Gasteiger partial charge in [0.2, 0.25) is 0 Å². The second-order valence-electron chi connectivity index (χ2n) is 8.46. The van der Waals surface area contributed by atoms with Gasteiger partial charge < -0.3 is 10.1 Å². The quantitative estimate of drug-likeness (QED) is 0.630. The van der Waals surface area contributed by atoms with Gasteiger partial charge in [0.1, 0.15) is 11.4 Å². The molecule has 1 saturated heterocycles. The molecule has 1 aliphatic heterocycles. The lowest BCUT2D eigenvalue weighted by atomic mass is 9.78. The molecule has 2 aliphatic rings. The number of halogens is 1. The molecule has 164 valence electrons. The van der Waals surface area contributed by atoms with Crippen LogP contribution >= 0.6 is 0 Å². The van der Waals surface area contributed by atoms with Gasteiger partial charge in [0.05, 0.1) is 24.1 Å². The van der Waals surface area contributed by atoms with Crippen molar-refractivity contribution >= 4 is 17.6 Å². The number of nitrogens with one attached hydrogen (secondary N) is 1. The Labute approximate surface area is 185 Å². The van der Waals surface area contributed by atoms with E-state index in [2.05, 4.69) is 20.5 Å². The first-order valence-corrected chi connectivity index (χ1v) is 10.8. The Bertz CT molecular complexity index is 1090. The molecule has 1 aromatic carbocycles. The standard InChI is InChI=1S/C24H24FN5O2/c25-20-5-2-1-4-19(20)21-8-7-18(15-27-21)26-14-17-9-11-24(12-10-17)16-30(23(31)32-24)22-6-3-13-28-29-22/h1-8,13,15,17,26H,9-12,14,16H2. The lowest BCUT2D eigenvalue weighted by Gasteiger charge is -2.35. The zero-order chi connectivity index (χ0) is 22.0. The Morgan fingerprint density at radius 2 is 1.97 bits per heavy atom. The van der Waals surface area contributed by atoms with E-state index < -0.39 is 5.60 Å². The molecule has 5 rings (SSSR count). The number of hydrogen-bond donors (Lipinski definition) is 1. The zero-order valence-corrected chi connectivity index (χ0v) is 17.6. The van der Waals surface area contributed by atoms with Crippen LogP contribution in [0.25, 0.3) is 11.3 Å². The molecule has 1 spiro atoms. The first-order chi connectivity index (χ1) is 15.6. The first-order valence-electron chi connectivity index (χ1n) is 10.8. The van der Waals surface area contributed by atoms with E-state index in [9.17, 15) is 9.18 Å². The van der Waals surface area contributed by atoms with Crippen LogP contribution in [-0.4, -0.2) is 40.0 Å². The molecule has 2 fully saturated rings. The monoisotopic (exact) mass is 433 g/mol. The zero-order valence-electron chi connectivity index (χ0n) is 17.6. The van der Waals surface area contributed by atoms with Crippen LogP contribution in [0.2, 0.25) is 0 Å². The molecule has 0 radical (unpaired) electrons. The molecule has 8 heteroatoms. The van der Waals surface area contributed by atoms with Crippen molar-refractivity contribution in [2.75, 3.05) is 23.3 Å². The minimum absolute atomic E-state index is 0.276. The molecular weight excluding hydrogens is 409 g/mol. The van der Waals surface area contributed by atoms with E-state index in [1.54, 1.807) is 47.6 Å². The number of amides is 1. The Balaban J connectivity index is 1.14. The molecule has 1 N–H and O–H groups in total. The Morgan fingerprint density at radius 3 is 2.69 bits per heavy atom. The third kappa shape index (κ3) is 4.12. The van der Waals surface area contributed by atoms with E-state index in [1.165, 1.54) is 6.07 Å². The number of pyridine rings is 1. The summed E-state index contributed by atoms with van der Waals surface area (Å²) in [6.45, 7) is 1.34. The van der Waals surface area contributed by atoms with E-state index in [4.69, 9.17) is 4.74 Å². The van der Waals surface area contributed by atoms with Gasteiger partial charge in [-0.15, -0.1) is 5.10 Å². The number of rotatable bonds is 5.